The van der Waals surface area contributed by atoms with Crippen LogP contribution >= 0.6 is 0 Å². The molecule has 0 spiro atoms. The Balaban J connectivity index is 2.30. The summed E-state index contributed by atoms with van der Waals surface area (Å²) in [6.07, 6.45) is 1.80. The molecule has 0 aliphatic rings. The zero-order valence-electron chi connectivity index (χ0n) is 15.1. The van der Waals surface area contributed by atoms with Crippen LogP contribution in [-0.2, 0) is 16.0 Å². The maximum atomic E-state index is 12.3. The Labute approximate surface area is 151 Å². The predicted octanol–water partition coefficient (Wildman–Crippen LogP) is 2.41. The van der Waals surface area contributed by atoms with E-state index in [4.69, 9.17) is 9.15 Å². The summed E-state index contributed by atoms with van der Waals surface area (Å²) in [7, 11) is 1.52. The summed E-state index contributed by atoms with van der Waals surface area (Å²) in [5.41, 5.74) is 0.938. The Bertz CT molecular complexity index is 870. The first-order valence-electron chi connectivity index (χ1n) is 8.49. The lowest BCUT2D eigenvalue weighted by Gasteiger charge is -2.15. The maximum absolute atomic E-state index is 12.3. The number of hydrogen-bond donors (Lipinski definition) is 2. The van der Waals surface area contributed by atoms with E-state index in [-0.39, 0.29) is 6.42 Å². The highest BCUT2D eigenvalue weighted by molar-refractivity contribution is 5.91. The fourth-order valence-corrected chi connectivity index (χ4v) is 2.86. The van der Waals surface area contributed by atoms with Crippen LogP contribution in [0.3, 0.4) is 0 Å². The summed E-state index contributed by atoms with van der Waals surface area (Å²) in [6, 6.07) is 3.78. The Morgan fingerprint density at radius 2 is 2.08 bits per heavy atom. The number of carbonyl (C=O) groups excluding carboxylic acids is 1. The molecule has 26 heavy (non-hydrogen) atoms. The number of benzene rings is 1. The number of aliphatic carboxylic acids is 1. The molecule has 0 saturated carbocycles. The minimum Gasteiger partial charge on any atom is -0.496 e. The van der Waals surface area contributed by atoms with Crippen molar-refractivity contribution in [2.24, 2.45) is 0 Å². The van der Waals surface area contributed by atoms with Crippen LogP contribution in [0, 0.1) is 6.92 Å². The van der Waals surface area contributed by atoms with Crippen LogP contribution in [-0.4, -0.2) is 30.1 Å². The van der Waals surface area contributed by atoms with Gasteiger partial charge in [0.2, 0.25) is 5.91 Å². The molecule has 1 aromatic heterocycles. The van der Waals surface area contributed by atoms with Crippen molar-refractivity contribution in [2.45, 2.75) is 45.6 Å². The molecular weight excluding hydrogens is 338 g/mol. The second-order valence-corrected chi connectivity index (χ2v) is 6.14. The molecule has 0 bridgehead atoms. The largest absolute Gasteiger partial charge is 0.496 e. The third-order valence-corrected chi connectivity index (χ3v) is 4.25. The van der Waals surface area contributed by atoms with Gasteiger partial charge in [-0.1, -0.05) is 19.8 Å². The number of hydrogen-bond acceptors (Lipinski definition) is 5. The van der Waals surface area contributed by atoms with Gasteiger partial charge in [-0.3, -0.25) is 4.79 Å². The van der Waals surface area contributed by atoms with Gasteiger partial charge in [0.15, 0.2) is 0 Å². The van der Waals surface area contributed by atoms with E-state index in [1.54, 1.807) is 19.1 Å². The first-order valence-corrected chi connectivity index (χ1v) is 8.49. The van der Waals surface area contributed by atoms with Crippen molar-refractivity contribution in [1.82, 2.24) is 5.32 Å². The van der Waals surface area contributed by atoms with Crippen LogP contribution in [0.5, 0.6) is 5.75 Å². The molecule has 7 nitrogen and oxygen atoms in total. The van der Waals surface area contributed by atoms with Crippen molar-refractivity contribution < 1.29 is 23.8 Å². The Morgan fingerprint density at radius 3 is 2.69 bits per heavy atom. The van der Waals surface area contributed by atoms with Gasteiger partial charge in [0.25, 0.3) is 0 Å². The molecule has 2 aromatic rings. The Morgan fingerprint density at radius 1 is 1.35 bits per heavy atom. The summed E-state index contributed by atoms with van der Waals surface area (Å²) in [4.78, 5) is 35.5. The van der Waals surface area contributed by atoms with Gasteiger partial charge < -0.3 is 19.6 Å². The number of unbranched alkanes of at least 4 members (excludes halogenated alkanes) is 1. The minimum atomic E-state index is -1.06. The summed E-state index contributed by atoms with van der Waals surface area (Å²) in [5, 5.41) is 12.4. The lowest BCUT2D eigenvalue weighted by atomic mass is 10.0. The second-order valence-electron chi connectivity index (χ2n) is 6.14. The molecule has 0 unspecified atom stereocenters. The van der Waals surface area contributed by atoms with Gasteiger partial charge in [0, 0.05) is 17.0 Å². The summed E-state index contributed by atoms with van der Waals surface area (Å²) in [6.45, 7) is 3.71. The standard InChI is InChI=1S/C19H23NO6/c1-4-5-6-14(19(23)24)20-16(21)9-12-10-17(22)26-18-11(2)15(25-3)8-7-13(12)18/h7-8,10,14H,4-6,9H2,1-3H3,(H,20,21)(H,23,24)/t14-/m1/s1. The molecule has 140 valence electrons. The topological polar surface area (TPSA) is 106 Å². The monoisotopic (exact) mass is 361 g/mol. The van der Waals surface area contributed by atoms with E-state index >= 15 is 0 Å². The molecule has 1 amide bonds. The van der Waals surface area contributed by atoms with Crippen molar-refractivity contribution in [3.8, 4) is 5.75 Å². The third kappa shape index (κ3) is 4.41. The highest BCUT2D eigenvalue weighted by Gasteiger charge is 2.20. The molecule has 1 heterocycles. The van der Waals surface area contributed by atoms with Gasteiger partial charge in [-0.05, 0) is 31.0 Å². The average Bonchev–Trinajstić information content (AvgIpc) is 2.59. The number of carboxylic acid groups (broad SMARTS) is 1. The molecular formula is C19H23NO6. The fraction of sp³-hybridized carbons (Fsp3) is 0.421. The Hall–Kier alpha value is -2.83. The Kier molecular flexibility index (Phi) is 6.38. The van der Waals surface area contributed by atoms with E-state index < -0.39 is 23.5 Å². The number of rotatable bonds is 8. The van der Waals surface area contributed by atoms with Crippen LogP contribution in [0.4, 0.5) is 0 Å². The second kappa shape index (κ2) is 8.51. The summed E-state index contributed by atoms with van der Waals surface area (Å²) < 4.78 is 10.5. The number of amides is 1. The van der Waals surface area contributed by atoms with Crippen LogP contribution in [0.25, 0.3) is 11.0 Å². The van der Waals surface area contributed by atoms with Gasteiger partial charge in [-0.25, -0.2) is 9.59 Å². The first kappa shape index (κ1) is 19.5. The zero-order valence-corrected chi connectivity index (χ0v) is 15.1. The molecule has 2 N–H and O–H groups in total. The number of aryl methyl sites for hydroxylation is 1. The summed E-state index contributed by atoms with van der Waals surface area (Å²) in [5.74, 6) is -0.938. The first-order chi connectivity index (χ1) is 12.4. The number of methoxy groups -OCH3 is 1. The quantitative estimate of drug-likeness (QED) is 0.700. The van der Waals surface area contributed by atoms with E-state index in [1.165, 1.54) is 13.2 Å². The normalized spacial score (nSPS) is 12.0. The highest BCUT2D eigenvalue weighted by Crippen LogP contribution is 2.28. The van der Waals surface area contributed by atoms with E-state index in [1.807, 2.05) is 6.92 Å². The minimum absolute atomic E-state index is 0.107. The lowest BCUT2D eigenvalue weighted by molar-refractivity contribution is -0.141. The number of carbonyl (C=O) groups is 2. The molecule has 7 heteroatoms. The van der Waals surface area contributed by atoms with E-state index in [2.05, 4.69) is 5.32 Å². The van der Waals surface area contributed by atoms with Crippen molar-refractivity contribution in [2.75, 3.05) is 7.11 Å². The molecule has 0 fully saturated rings. The van der Waals surface area contributed by atoms with Gasteiger partial charge >= 0.3 is 11.6 Å². The highest BCUT2D eigenvalue weighted by atomic mass is 16.5. The van der Waals surface area contributed by atoms with Crippen LogP contribution in [0.15, 0.2) is 27.4 Å². The van der Waals surface area contributed by atoms with Crippen molar-refractivity contribution >= 4 is 22.8 Å². The number of fused-ring (bicyclic) bond motifs is 1. The number of nitrogens with one attached hydrogen (secondary N) is 1. The smallest absolute Gasteiger partial charge is 0.336 e. The number of ether oxygens (including phenoxy) is 1. The van der Waals surface area contributed by atoms with Gasteiger partial charge in [-0.2, -0.15) is 0 Å². The average molecular weight is 361 g/mol. The molecule has 0 saturated heterocycles. The molecule has 0 aliphatic heterocycles. The predicted molar refractivity (Wildman–Crippen MR) is 96.6 cm³/mol. The molecule has 1 aromatic carbocycles. The van der Waals surface area contributed by atoms with E-state index in [0.29, 0.717) is 40.7 Å². The van der Waals surface area contributed by atoms with E-state index in [0.717, 1.165) is 6.42 Å². The van der Waals surface area contributed by atoms with Gasteiger partial charge in [0.05, 0.1) is 13.5 Å². The van der Waals surface area contributed by atoms with Crippen molar-refractivity contribution in [1.29, 1.82) is 0 Å². The third-order valence-electron chi connectivity index (χ3n) is 4.25. The summed E-state index contributed by atoms with van der Waals surface area (Å²) >= 11 is 0. The van der Waals surface area contributed by atoms with Crippen molar-refractivity contribution in [3.63, 3.8) is 0 Å². The molecule has 2 rings (SSSR count). The maximum Gasteiger partial charge on any atom is 0.336 e. The SMILES string of the molecule is CCCC[C@@H](NC(=O)Cc1cc(=O)oc2c(C)c(OC)ccc12)C(=O)O. The number of carboxylic acids is 1. The molecule has 1 atom stereocenters. The zero-order chi connectivity index (χ0) is 19.3. The fourth-order valence-electron chi connectivity index (χ4n) is 2.86. The van der Waals surface area contributed by atoms with Crippen LogP contribution in [0.1, 0.15) is 37.3 Å². The van der Waals surface area contributed by atoms with Crippen LogP contribution < -0.4 is 15.7 Å². The molecule has 0 aliphatic carbocycles. The van der Waals surface area contributed by atoms with Gasteiger partial charge in [-0.15, -0.1) is 0 Å². The lowest BCUT2D eigenvalue weighted by Crippen LogP contribution is -2.41. The van der Waals surface area contributed by atoms with Gasteiger partial charge in [0.1, 0.15) is 17.4 Å². The van der Waals surface area contributed by atoms with Crippen LogP contribution in [0.2, 0.25) is 0 Å². The van der Waals surface area contributed by atoms with Crippen molar-refractivity contribution in [3.05, 3.63) is 39.7 Å². The molecule has 0 radical (unpaired) electrons. The van der Waals surface area contributed by atoms with E-state index in [9.17, 15) is 19.5 Å².